The molecule has 6 nitrogen and oxygen atoms in total. The van der Waals surface area contributed by atoms with Crippen LogP contribution < -0.4 is 5.32 Å². The highest BCUT2D eigenvalue weighted by Crippen LogP contribution is 2.03. The number of hydrogen-bond donors (Lipinski definition) is 1. The van der Waals surface area contributed by atoms with Crippen molar-refractivity contribution in [2.45, 2.75) is 53.3 Å². The molecule has 1 aromatic rings. The summed E-state index contributed by atoms with van der Waals surface area (Å²) in [5, 5.41) is 6.85. The fourth-order valence-corrected chi connectivity index (χ4v) is 1.65. The molecule has 6 heteroatoms. The van der Waals surface area contributed by atoms with Gasteiger partial charge in [-0.25, -0.2) is 0 Å². The van der Waals surface area contributed by atoms with Crippen LogP contribution in [0.4, 0.5) is 0 Å². The summed E-state index contributed by atoms with van der Waals surface area (Å²) in [6, 6.07) is 1.90. The molecule has 0 aliphatic rings. The third kappa shape index (κ3) is 4.73. The average molecular weight is 267 g/mol. The Balaban J connectivity index is 2.51. The van der Waals surface area contributed by atoms with Crippen molar-refractivity contribution in [2.75, 3.05) is 0 Å². The van der Waals surface area contributed by atoms with Gasteiger partial charge in [-0.1, -0.05) is 0 Å². The number of esters is 1. The summed E-state index contributed by atoms with van der Waals surface area (Å²) in [5.74, 6) is -0.769. The fraction of sp³-hybridized carbons (Fsp3) is 0.615. The van der Waals surface area contributed by atoms with E-state index >= 15 is 0 Å². The van der Waals surface area contributed by atoms with Crippen LogP contribution in [-0.2, 0) is 20.9 Å². The molecule has 106 valence electrons. The van der Waals surface area contributed by atoms with Gasteiger partial charge in [-0.05, 0) is 40.7 Å². The van der Waals surface area contributed by atoms with E-state index in [1.54, 1.807) is 11.6 Å². The lowest BCUT2D eigenvalue weighted by Crippen LogP contribution is -2.40. The summed E-state index contributed by atoms with van der Waals surface area (Å²) >= 11 is 0. The van der Waals surface area contributed by atoms with Gasteiger partial charge in [0.15, 0.2) is 6.10 Å². The Bertz CT molecular complexity index is 466. The summed E-state index contributed by atoms with van der Waals surface area (Å²) < 4.78 is 6.63. The van der Waals surface area contributed by atoms with E-state index in [9.17, 15) is 9.59 Å². The molecule has 0 fully saturated rings. The van der Waals surface area contributed by atoms with Crippen LogP contribution in [-0.4, -0.2) is 33.8 Å². The molecule has 0 saturated heterocycles. The second-order valence-corrected chi connectivity index (χ2v) is 4.88. The maximum atomic E-state index is 11.7. The van der Waals surface area contributed by atoms with Gasteiger partial charge < -0.3 is 10.1 Å². The van der Waals surface area contributed by atoms with Crippen molar-refractivity contribution < 1.29 is 14.3 Å². The molecule has 0 aliphatic carbocycles. The summed E-state index contributed by atoms with van der Waals surface area (Å²) in [6.45, 7) is 8.98. The van der Waals surface area contributed by atoms with E-state index in [0.29, 0.717) is 0 Å². The van der Waals surface area contributed by atoms with E-state index < -0.39 is 12.1 Å². The van der Waals surface area contributed by atoms with Crippen LogP contribution in [0.5, 0.6) is 0 Å². The number of hydrogen-bond acceptors (Lipinski definition) is 4. The van der Waals surface area contributed by atoms with Gasteiger partial charge >= 0.3 is 5.97 Å². The van der Waals surface area contributed by atoms with Gasteiger partial charge in [0.1, 0.15) is 6.54 Å². The third-order valence-corrected chi connectivity index (χ3v) is 2.49. The van der Waals surface area contributed by atoms with E-state index in [4.69, 9.17) is 4.74 Å². The second-order valence-electron chi connectivity index (χ2n) is 4.88. The zero-order chi connectivity index (χ0) is 14.6. The van der Waals surface area contributed by atoms with Crippen molar-refractivity contribution in [3.05, 3.63) is 17.5 Å². The first-order valence-electron chi connectivity index (χ1n) is 6.30. The Kier molecular flexibility index (Phi) is 5.09. The van der Waals surface area contributed by atoms with Crippen LogP contribution in [0, 0.1) is 13.8 Å². The molecule has 1 N–H and O–H groups in total. The number of aryl methyl sites for hydroxylation is 2. The van der Waals surface area contributed by atoms with Gasteiger partial charge in [0.05, 0.1) is 5.69 Å². The number of amides is 1. The molecule has 1 rings (SSSR count). The third-order valence-electron chi connectivity index (χ3n) is 2.49. The first-order chi connectivity index (χ1) is 8.79. The minimum absolute atomic E-state index is 0.0129. The van der Waals surface area contributed by atoms with Crippen LogP contribution in [0.2, 0.25) is 0 Å². The standard InChI is InChI=1S/C13H21N3O3/c1-8(2)14-13(18)11(5)19-12(17)7-16-10(4)6-9(3)15-16/h6,8,11H,7H2,1-5H3,(H,14,18). The van der Waals surface area contributed by atoms with E-state index in [1.807, 2.05) is 33.8 Å². The molecule has 0 aliphatic heterocycles. The van der Waals surface area contributed by atoms with E-state index in [2.05, 4.69) is 10.4 Å². The molecular formula is C13H21N3O3. The second kappa shape index (κ2) is 6.36. The van der Waals surface area contributed by atoms with Gasteiger partial charge in [0.2, 0.25) is 0 Å². The SMILES string of the molecule is Cc1cc(C)n(CC(=O)OC(C)C(=O)NC(C)C)n1. The van der Waals surface area contributed by atoms with Crippen molar-refractivity contribution in [3.63, 3.8) is 0 Å². The zero-order valence-electron chi connectivity index (χ0n) is 12.1. The molecule has 0 radical (unpaired) electrons. The lowest BCUT2D eigenvalue weighted by atomic mass is 10.3. The van der Waals surface area contributed by atoms with Crippen molar-refractivity contribution in [2.24, 2.45) is 0 Å². The zero-order valence-corrected chi connectivity index (χ0v) is 12.1. The molecule has 0 saturated carbocycles. The largest absolute Gasteiger partial charge is 0.451 e. The lowest BCUT2D eigenvalue weighted by molar-refractivity contribution is -0.155. The first kappa shape index (κ1) is 15.2. The van der Waals surface area contributed by atoms with Crippen LogP contribution in [0.15, 0.2) is 6.07 Å². The van der Waals surface area contributed by atoms with Gasteiger partial charge in [-0.2, -0.15) is 5.10 Å². The Morgan fingerprint density at radius 3 is 2.47 bits per heavy atom. The molecular weight excluding hydrogens is 246 g/mol. The average Bonchev–Trinajstić information content (AvgIpc) is 2.55. The summed E-state index contributed by atoms with van der Waals surface area (Å²) in [7, 11) is 0. The highest BCUT2D eigenvalue weighted by molar-refractivity contribution is 5.83. The van der Waals surface area contributed by atoms with E-state index in [1.165, 1.54) is 0 Å². The minimum atomic E-state index is -0.799. The smallest absolute Gasteiger partial charge is 0.328 e. The summed E-state index contributed by atoms with van der Waals surface area (Å²) in [6.07, 6.45) is -0.799. The predicted octanol–water partition coefficient (Wildman–Crippen LogP) is 0.956. The quantitative estimate of drug-likeness (QED) is 0.806. The number of carbonyl (C=O) groups is 2. The fourth-order valence-electron chi connectivity index (χ4n) is 1.65. The maximum Gasteiger partial charge on any atom is 0.328 e. The first-order valence-corrected chi connectivity index (χ1v) is 6.30. The number of ether oxygens (including phenoxy) is 1. The van der Waals surface area contributed by atoms with Crippen molar-refractivity contribution in [1.29, 1.82) is 0 Å². The number of aromatic nitrogens is 2. The maximum absolute atomic E-state index is 11.7. The number of nitrogens with one attached hydrogen (secondary N) is 1. The molecule has 1 unspecified atom stereocenters. The highest BCUT2D eigenvalue weighted by atomic mass is 16.5. The molecule has 1 heterocycles. The normalized spacial score (nSPS) is 12.3. The topological polar surface area (TPSA) is 73.2 Å². The monoisotopic (exact) mass is 267 g/mol. The van der Waals surface area contributed by atoms with Crippen molar-refractivity contribution in [1.82, 2.24) is 15.1 Å². The molecule has 0 spiro atoms. The Labute approximate surface area is 113 Å². The van der Waals surface area contributed by atoms with Crippen LogP contribution in [0.25, 0.3) is 0 Å². The van der Waals surface area contributed by atoms with Crippen LogP contribution >= 0.6 is 0 Å². The summed E-state index contributed by atoms with van der Waals surface area (Å²) in [4.78, 5) is 23.3. The molecule has 19 heavy (non-hydrogen) atoms. The van der Waals surface area contributed by atoms with Gasteiger partial charge in [-0.15, -0.1) is 0 Å². The molecule has 1 aromatic heterocycles. The molecule has 0 aromatic carbocycles. The van der Waals surface area contributed by atoms with E-state index in [0.717, 1.165) is 11.4 Å². The molecule has 1 atom stereocenters. The highest BCUT2D eigenvalue weighted by Gasteiger charge is 2.19. The Hall–Kier alpha value is -1.85. The number of nitrogens with zero attached hydrogens (tertiary/aromatic N) is 2. The van der Waals surface area contributed by atoms with Gasteiger partial charge in [0.25, 0.3) is 5.91 Å². The molecule has 1 amide bonds. The van der Waals surface area contributed by atoms with Crippen LogP contribution in [0.3, 0.4) is 0 Å². The van der Waals surface area contributed by atoms with Gasteiger partial charge in [0, 0.05) is 11.7 Å². The van der Waals surface area contributed by atoms with Crippen molar-refractivity contribution in [3.8, 4) is 0 Å². The van der Waals surface area contributed by atoms with Gasteiger partial charge in [-0.3, -0.25) is 14.3 Å². The number of carbonyl (C=O) groups excluding carboxylic acids is 2. The number of rotatable bonds is 5. The Morgan fingerprint density at radius 1 is 1.37 bits per heavy atom. The predicted molar refractivity (Wildman–Crippen MR) is 70.5 cm³/mol. The van der Waals surface area contributed by atoms with E-state index in [-0.39, 0.29) is 18.5 Å². The molecule has 0 bridgehead atoms. The lowest BCUT2D eigenvalue weighted by Gasteiger charge is -2.15. The minimum Gasteiger partial charge on any atom is -0.451 e. The summed E-state index contributed by atoms with van der Waals surface area (Å²) in [5.41, 5.74) is 1.73. The van der Waals surface area contributed by atoms with Crippen molar-refractivity contribution >= 4 is 11.9 Å². The van der Waals surface area contributed by atoms with Crippen LogP contribution in [0.1, 0.15) is 32.2 Å². The Morgan fingerprint density at radius 2 is 2.00 bits per heavy atom.